The Balaban J connectivity index is 2.54. The quantitative estimate of drug-likeness (QED) is 0.280. The molecule has 0 aliphatic rings. The highest BCUT2D eigenvalue weighted by Crippen LogP contribution is 2.59. The van der Waals surface area contributed by atoms with E-state index in [4.69, 9.17) is 25.1 Å². The molecule has 9 nitrogen and oxygen atoms in total. The van der Waals surface area contributed by atoms with Gasteiger partial charge in [0, 0.05) is 5.56 Å². The van der Waals surface area contributed by atoms with E-state index in [1.54, 1.807) is 0 Å². The minimum atomic E-state index is -5.87. The second-order valence-electron chi connectivity index (χ2n) is 6.68. The third-order valence-corrected chi connectivity index (χ3v) is 5.52. The molecule has 0 bridgehead atoms. The lowest BCUT2D eigenvalue weighted by Crippen LogP contribution is -2.26. The smallest absolute Gasteiger partial charge is 0.399 e. The first-order valence-electron chi connectivity index (χ1n) is 8.57. The van der Waals surface area contributed by atoms with Gasteiger partial charge in [-0.2, -0.15) is 8.78 Å². The van der Waals surface area contributed by atoms with Gasteiger partial charge >= 0.3 is 31.2 Å². The summed E-state index contributed by atoms with van der Waals surface area (Å²) in [6.07, 6.45) is -0.707. The van der Waals surface area contributed by atoms with Crippen LogP contribution in [-0.4, -0.2) is 43.0 Å². The Morgan fingerprint density at radius 3 is 1.90 bits per heavy atom. The van der Waals surface area contributed by atoms with Gasteiger partial charge in [-0.3, -0.25) is 14.2 Å². The normalized spacial score (nSPS) is 12.0. The van der Waals surface area contributed by atoms with Gasteiger partial charge in [0.25, 0.3) is 0 Å². The number of halogens is 2. The number of carboxylic acid groups (broad SMARTS) is 3. The number of carboxylic acids is 3. The van der Waals surface area contributed by atoms with Gasteiger partial charge in [-0.25, -0.2) is 4.79 Å². The van der Waals surface area contributed by atoms with Gasteiger partial charge in [0.15, 0.2) is 5.92 Å². The van der Waals surface area contributed by atoms with E-state index < -0.39 is 49.1 Å². The van der Waals surface area contributed by atoms with Gasteiger partial charge in [-0.1, -0.05) is 24.3 Å². The zero-order valence-corrected chi connectivity index (χ0v) is 16.5. The molecule has 0 aliphatic heterocycles. The van der Waals surface area contributed by atoms with E-state index in [0.29, 0.717) is 11.6 Å². The lowest BCUT2D eigenvalue weighted by atomic mass is 9.91. The first-order valence-corrected chi connectivity index (χ1v) is 10.2. The van der Waals surface area contributed by atoms with Gasteiger partial charge in [0.05, 0.1) is 5.56 Å². The maximum Gasteiger partial charge on any atom is 0.399 e. The molecule has 0 heterocycles. The molecule has 2 aromatic rings. The molecule has 0 aliphatic carbocycles. The number of aromatic carboxylic acids is 1. The van der Waals surface area contributed by atoms with E-state index in [0.717, 1.165) is 12.1 Å². The maximum atomic E-state index is 14.2. The van der Waals surface area contributed by atoms with Crippen molar-refractivity contribution in [2.24, 2.45) is 5.92 Å². The largest absolute Gasteiger partial charge is 0.481 e. The predicted octanol–water partition coefficient (Wildman–Crippen LogP) is 2.53. The maximum absolute atomic E-state index is 14.2. The van der Waals surface area contributed by atoms with E-state index in [9.17, 15) is 27.7 Å². The van der Waals surface area contributed by atoms with Crippen molar-refractivity contribution in [3.05, 3.63) is 70.3 Å². The van der Waals surface area contributed by atoms with Crippen LogP contribution in [0, 0.1) is 5.92 Å². The lowest BCUT2D eigenvalue weighted by molar-refractivity contribution is -0.154. The van der Waals surface area contributed by atoms with Gasteiger partial charge in [0.1, 0.15) is 0 Å². The van der Waals surface area contributed by atoms with Crippen molar-refractivity contribution in [1.82, 2.24) is 0 Å². The first-order chi connectivity index (χ1) is 14.2. The Hall–Kier alpha value is -3.14. The van der Waals surface area contributed by atoms with E-state index in [1.165, 1.54) is 24.3 Å². The molecular formula is C19H17F2O9P. The fourth-order valence-corrected chi connectivity index (χ4v) is 3.31. The second kappa shape index (κ2) is 8.93. The Bertz CT molecular complexity index is 1050. The van der Waals surface area contributed by atoms with Crippen LogP contribution < -0.4 is 0 Å². The van der Waals surface area contributed by atoms with Crippen molar-refractivity contribution in [3.63, 3.8) is 0 Å². The minimum absolute atomic E-state index is 0.0150. The highest BCUT2D eigenvalue weighted by molar-refractivity contribution is 7.52. The Kier molecular flexibility index (Phi) is 6.95. The first kappa shape index (κ1) is 24.1. The fraction of sp³-hybridized carbons (Fsp3) is 0.211. The van der Waals surface area contributed by atoms with Gasteiger partial charge < -0.3 is 25.1 Å². The van der Waals surface area contributed by atoms with Crippen molar-refractivity contribution in [3.8, 4) is 0 Å². The number of rotatable bonds is 9. The van der Waals surface area contributed by atoms with Crippen LogP contribution >= 0.6 is 7.60 Å². The van der Waals surface area contributed by atoms with E-state index in [-0.39, 0.29) is 23.1 Å². The molecule has 5 N–H and O–H groups in total. The summed E-state index contributed by atoms with van der Waals surface area (Å²) >= 11 is 0. The number of benzene rings is 2. The molecule has 0 saturated heterocycles. The molecule has 12 heteroatoms. The Labute approximate surface area is 173 Å². The summed E-state index contributed by atoms with van der Waals surface area (Å²) in [4.78, 5) is 51.3. The average Bonchev–Trinajstić information content (AvgIpc) is 2.65. The van der Waals surface area contributed by atoms with Crippen LogP contribution in [0.15, 0.2) is 42.5 Å². The molecule has 0 radical (unpaired) electrons. The SMILES string of the molecule is O=C(O)c1ccc(Cc2cc(C(F)(F)P(=O)(O)O)ccc2CC(C(=O)O)C(=O)O)cc1. The molecule has 166 valence electrons. The van der Waals surface area contributed by atoms with Crippen LogP contribution in [0.2, 0.25) is 0 Å². The van der Waals surface area contributed by atoms with Crippen LogP contribution in [0.4, 0.5) is 8.78 Å². The zero-order valence-electron chi connectivity index (χ0n) is 15.6. The van der Waals surface area contributed by atoms with Gasteiger partial charge in [0.2, 0.25) is 0 Å². The third kappa shape index (κ3) is 5.52. The topological polar surface area (TPSA) is 169 Å². The molecule has 0 atom stereocenters. The van der Waals surface area contributed by atoms with Crippen molar-refractivity contribution in [1.29, 1.82) is 0 Å². The summed E-state index contributed by atoms with van der Waals surface area (Å²) in [5.74, 6) is -6.36. The monoisotopic (exact) mass is 458 g/mol. The molecule has 31 heavy (non-hydrogen) atoms. The van der Waals surface area contributed by atoms with Crippen molar-refractivity contribution < 1.29 is 52.8 Å². The van der Waals surface area contributed by atoms with Crippen LogP contribution in [0.25, 0.3) is 0 Å². The zero-order chi connectivity index (χ0) is 23.6. The van der Waals surface area contributed by atoms with Gasteiger partial charge in [-0.05, 0) is 47.7 Å². The van der Waals surface area contributed by atoms with E-state index in [2.05, 4.69) is 0 Å². The summed E-state index contributed by atoms with van der Waals surface area (Å²) in [6.45, 7) is 0. The van der Waals surface area contributed by atoms with Crippen LogP contribution in [0.1, 0.15) is 32.6 Å². The Morgan fingerprint density at radius 2 is 1.45 bits per heavy atom. The molecule has 2 aromatic carbocycles. The molecule has 0 aromatic heterocycles. The number of hydrogen-bond donors (Lipinski definition) is 5. The molecule has 0 spiro atoms. The molecule has 0 saturated carbocycles. The molecule has 0 fully saturated rings. The van der Waals surface area contributed by atoms with Gasteiger partial charge in [-0.15, -0.1) is 0 Å². The molecule has 0 amide bonds. The van der Waals surface area contributed by atoms with Crippen LogP contribution in [0.3, 0.4) is 0 Å². The third-order valence-electron chi connectivity index (χ3n) is 4.54. The number of alkyl halides is 2. The standard InChI is InChI=1S/C19H17F2O9P/c20-19(21,31(28,29)30)14-6-5-12(9-15(17(24)25)18(26)27)13(8-14)7-10-1-3-11(4-2-10)16(22)23/h1-6,8,15H,7,9H2,(H,22,23)(H,24,25)(H,26,27)(H2,28,29,30). The number of carbonyl (C=O) groups is 3. The highest BCUT2D eigenvalue weighted by Gasteiger charge is 2.50. The van der Waals surface area contributed by atoms with E-state index >= 15 is 0 Å². The minimum Gasteiger partial charge on any atom is -0.481 e. The summed E-state index contributed by atoms with van der Waals surface area (Å²) in [7, 11) is -5.87. The summed E-state index contributed by atoms with van der Waals surface area (Å²) in [6, 6.07) is 7.75. The molecule has 2 rings (SSSR count). The van der Waals surface area contributed by atoms with Crippen LogP contribution in [0.5, 0.6) is 0 Å². The van der Waals surface area contributed by atoms with Crippen molar-refractivity contribution in [2.75, 3.05) is 0 Å². The summed E-state index contributed by atoms with van der Waals surface area (Å²) in [5, 5.41) is 27.1. The molecular weight excluding hydrogens is 441 g/mol. The van der Waals surface area contributed by atoms with E-state index in [1.807, 2.05) is 0 Å². The Morgan fingerprint density at radius 1 is 0.903 bits per heavy atom. The predicted molar refractivity (Wildman–Crippen MR) is 101 cm³/mol. The van der Waals surface area contributed by atoms with Crippen molar-refractivity contribution >= 4 is 25.5 Å². The number of aliphatic carboxylic acids is 2. The van der Waals surface area contributed by atoms with Crippen LogP contribution in [-0.2, 0) is 32.7 Å². The second-order valence-corrected chi connectivity index (χ2v) is 8.33. The number of hydrogen-bond acceptors (Lipinski definition) is 4. The summed E-state index contributed by atoms with van der Waals surface area (Å²) in [5.41, 5.74) is -5.08. The average molecular weight is 458 g/mol. The van der Waals surface area contributed by atoms with Crippen molar-refractivity contribution in [2.45, 2.75) is 18.5 Å². The summed E-state index contributed by atoms with van der Waals surface area (Å²) < 4.78 is 39.5. The lowest BCUT2D eigenvalue weighted by Gasteiger charge is -2.20. The highest BCUT2D eigenvalue weighted by atomic mass is 31.2. The molecule has 0 unspecified atom stereocenters. The fourth-order valence-electron chi connectivity index (χ4n) is 2.83.